The zero-order valence-corrected chi connectivity index (χ0v) is 17.6. The summed E-state index contributed by atoms with van der Waals surface area (Å²) < 4.78 is 12.7. The van der Waals surface area contributed by atoms with Crippen molar-refractivity contribution in [3.05, 3.63) is 103 Å². The molecule has 0 aliphatic rings. The van der Waals surface area contributed by atoms with Gasteiger partial charge in [-0.15, -0.1) is 4.57 Å². The van der Waals surface area contributed by atoms with Crippen LogP contribution in [-0.4, -0.2) is 19.7 Å². The van der Waals surface area contributed by atoms with Gasteiger partial charge in [-0.25, -0.2) is 4.79 Å². The maximum atomic E-state index is 13.1. The van der Waals surface area contributed by atoms with Crippen molar-refractivity contribution in [2.45, 2.75) is 6.92 Å². The summed E-state index contributed by atoms with van der Waals surface area (Å²) >= 11 is 0. The van der Waals surface area contributed by atoms with Gasteiger partial charge in [0.2, 0.25) is 11.4 Å². The first kappa shape index (κ1) is 20.4. The number of methoxy groups -OCH3 is 1. The number of ether oxygens (including phenoxy) is 2. The maximum absolute atomic E-state index is 13.1. The van der Waals surface area contributed by atoms with E-state index in [-0.39, 0.29) is 5.97 Å². The molecule has 4 rings (SSSR count). The van der Waals surface area contributed by atoms with Crippen molar-refractivity contribution in [1.29, 1.82) is 0 Å². The third-order valence-electron chi connectivity index (χ3n) is 5.06. The summed E-state index contributed by atoms with van der Waals surface area (Å²) in [6.45, 7) is 2.12. The Kier molecular flexibility index (Phi) is 6.08. The molecule has 1 heterocycles. The van der Waals surface area contributed by atoms with Gasteiger partial charge in [0.05, 0.1) is 13.7 Å². The summed E-state index contributed by atoms with van der Waals surface area (Å²) in [6.07, 6.45) is 0. The average molecular weight is 410 g/mol. The second-order valence-electron chi connectivity index (χ2n) is 7.00. The van der Waals surface area contributed by atoms with Gasteiger partial charge in [-0.3, -0.25) is 0 Å². The minimum atomic E-state index is -0.367. The second-order valence-corrected chi connectivity index (χ2v) is 7.00. The minimum Gasteiger partial charge on any atom is -0.497 e. The number of carbonyl (C=O) groups excluding carboxylic acids is 1. The molecule has 0 atom stereocenters. The van der Waals surface area contributed by atoms with Gasteiger partial charge in [-0.2, -0.15) is 0 Å². The van der Waals surface area contributed by atoms with Crippen LogP contribution >= 0.6 is 0 Å². The van der Waals surface area contributed by atoms with Crippen LogP contribution in [0, 0.1) is 0 Å². The van der Waals surface area contributed by atoms with Crippen molar-refractivity contribution in [2.75, 3.05) is 13.7 Å². The largest absolute Gasteiger partial charge is 0.497 e. The van der Waals surface area contributed by atoms with Gasteiger partial charge in [0.15, 0.2) is 0 Å². The van der Waals surface area contributed by atoms with Gasteiger partial charge in [0.1, 0.15) is 5.75 Å². The summed E-state index contributed by atoms with van der Waals surface area (Å²) in [5, 5.41) is 0. The van der Waals surface area contributed by atoms with Gasteiger partial charge in [0.25, 0.3) is 5.69 Å². The van der Waals surface area contributed by atoms with Gasteiger partial charge >= 0.3 is 5.97 Å². The Morgan fingerprint density at radius 1 is 0.774 bits per heavy atom. The van der Waals surface area contributed by atoms with E-state index in [0.29, 0.717) is 12.3 Å². The zero-order valence-electron chi connectivity index (χ0n) is 17.6. The van der Waals surface area contributed by atoms with E-state index in [1.807, 2.05) is 102 Å². The topological polar surface area (TPSA) is 39.4 Å². The molecule has 4 heteroatoms. The number of nitrogens with zero attached hydrogens (tertiary/aromatic N) is 1. The van der Waals surface area contributed by atoms with E-state index >= 15 is 0 Å². The molecular weight excluding hydrogens is 386 g/mol. The highest BCUT2D eigenvalue weighted by Crippen LogP contribution is 2.27. The molecule has 154 valence electrons. The summed E-state index contributed by atoms with van der Waals surface area (Å²) in [6, 6.07) is 31.7. The number of carbonyl (C=O) groups is 1. The van der Waals surface area contributed by atoms with Crippen molar-refractivity contribution >= 4 is 5.97 Å². The molecule has 4 aromatic rings. The predicted octanol–water partition coefficient (Wildman–Crippen LogP) is 5.48. The molecule has 0 unspecified atom stereocenters. The van der Waals surface area contributed by atoms with Crippen molar-refractivity contribution < 1.29 is 18.8 Å². The van der Waals surface area contributed by atoms with Crippen LogP contribution < -0.4 is 9.30 Å². The number of hydrogen-bond acceptors (Lipinski definition) is 3. The number of pyridine rings is 1. The van der Waals surface area contributed by atoms with Gasteiger partial charge in [-0.05, 0) is 42.3 Å². The van der Waals surface area contributed by atoms with Crippen molar-refractivity contribution in [3.8, 4) is 33.8 Å². The Bertz CT molecular complexity index is 1170. The van der Waals surface area contributed by atoms with Crippen molar-refractivity contribution in [3.63, 3.8) is 0 Å². The Morgan fingerprint density at radius 2 is 1.39 bits per heavy atom. The number of hydrogen-bond donors (Lipinski definition) is 0. The van der Waals surface area contributed by atoms with E-state index in [9.17, 15) is 4.79 Å². The Balaban J connectivity index is 2.02. The number of benzene rings is 3. The molecule has 0 saturated heterocycles. The molecule has 0 saturated carbocycles. The van der Waals surface area contributed by atoms with Crippen LogP contribution in [0.4, 0.5) is 0 Å². The molecule has 0 bridgehead atoms. The van der Waals surface area contributed by atoms with E-state index < -0.39 is 0 Å². The van der Waals surface area contributed by atoms with E-state index in [0.717, 1.165) is 33.8 Å². The number of esters is 1. The first-order valence-corrected chi connectivity index (χ1v) is 10.2. The van der Waals surface area contributed by atoms with Crippen LogP contribution in [0.3, 0.4) is 0 Å². The standard InChI is InChI=1S/C27H24NO3/c1-3-31-27(29)26-19-22(20-10-6-4-7-11-20)18-25(21-12-8-5-9-13-21)28(26)23-14-16-24(30-2)17-15-23/h4-19H,3H2,1-2H3/q+1. The fourth-order valence-corrected chi connectivity index (χ4v) is 3.58. The summed E-state index contributed by atoms with van der Waals surface area (Å²) in [4.78, 5) is 13.1. The third kappa shape index (κ3) is 4.33. The molecule has 0 radical (unpaired) electrons. The van der Waals surface area contributed by atoms with Gasteiger partial charge < -0.3 is 9.47 Å². The SMILES string of the molecule is CCOC(=O)c1cc(-c2ccccc2)cc(-c2ccccc2)[n+]1-c1ccc(OC)cc1. The molecule has 4 nitrogen and oxygen atoms in total. The maximum Gasteiger partial charge on any atom is 0.404 e. The molecule has 0 aliphatic carbocycles. The monoisotopic (exact) mass is 410 g/mol. The summed E-state index contributed by atoms with van der Waals surface area (Å²) in [5.41, 5.74) is 5.20. The zero-order chi connectivity index (χ0) is 21.6. The molecule has 1 aromatic heterocycles. The van der Waals surface area contributed by atoms with E-state index in [2.05, 4.69) is 6.07 Å². The van der Waals surface area contributed by atoms with Crippen LogP contribution in [0.2, 0.25) is 0 Å². The van der Waals surface area contributed by atoms with E-state index in [1.54, 1.807) is 7.11 Å². The Hall–Kier alpha value is -3.92. The highest BCUT2D eigenvalue weighted by molar-refractivity contribution is 5.88. The fraction of sp³-hybridized carbons (Fsp3) is 0.111. The molecule has 0 aliphatic heterocycles. The number of rotatable bonds is 6. The van der Waals surface area contributed by atoms with Crippen LogP contribution in [0.25, 0.3) is 28.1 Å². The van der Waals surface area contributed by atoms with E-state index in [1.165, 1.54) is 0 Å². The highest BCUT2D eigenvalue weighted by atomic mass is 16.5. The van der Waals surface area contributed by atoms with Crippen LogP contribution in [0.15, 0.2) is 97.1 Å². The molecule has 0 amide bonds. The smallest absolute Gasteiger partial charge is 0.404 e. The minimum absolute atomic E-state index is 0.303. The summed E-state index contributed by atoms with van der Waals surface area (Å²) in [7, 11) is 1.64. The lowest BCUT2D eigenvalue weighted by atomic mass is 10.0. The first-order valence-electron chi connectivity index (χ1n) is 10.2. The van der Waals surface area contributed by atoms with E-state index in [4.69, 9.17) is 9.47 Å². The molecule has 0 spiro atoms. The molecule has 0 N–H and O–H groups in total. The van der Waals surface area contributed by atoms with Crippen LogP contribution in [0.1, 0.15) is 17.4 Å². The summed E-state index contributed by atoms with van der Waals surface area (Å²) in [5.74, 6) is 0.387. The van der Waals surface area contributed by atoms with Gasteiger partial charge in [0, 0.05) is 29.8 Å². The number of aromatic nitrogens is 1. The van der Waals surface area contributed by atoms with Crippen molar-refractivity contribution in [1.82, 2.24) is 0 Å². The van der Waals surface area contributed by atoms with Crippen molar-refractivity contribution in [2.24, 2.45) is 0 Å². The molecular formula is C27H24NO3+. The normalized spacial score (nSPS) is 10.5. The lowest BCUT2D eigenvalue weighted by Crippen LogP contribution is -2.41. The fourth-order valence-electron chi connectivity index (χ4n) is 3.58. The van der Waals surface area contributed by atoms with Gasteiger partial charge in [-0.1, -0.05) is 48.5 Å². The second kappa shape index (κ2) is 9.26. The quantitative estimate of drug-likeness (QED) is 0.312. The third-order valence-corrected chi connectivity index (χ3v) is 5.06. The van der Waals surface area contributed by atoms with Crippen LogP contribution in [-0.2, 0) is 4.74 Å². The lowest BCUT2D eigenvalue weighted by molar-refractivity contribution is -0.587. The molecule has 3 aromatic carbocycles. The lowest BCUT2D eigenvalue weighted by Gasteiger charge is -2.12. The molecule has 0 fully saturated rings. The average Bonchev–Trinajstić information content (AvgIpc) is 2.84. The predicted molar refractivity (Wildman–Crippen MR) is 121 cm³/mol. The highest BCUT2D eigenvalue weighted by Gasteiger charge is 2.29. The Morgan fingerprint density at radius 3 is 1.97 bits per heavy atom. The van der Waals surface area contributed by atoms with Crippen LogP contribution in [0.5, 0.6) is 5.75 Å². The molecule has 31 heavy (non-hydrogen) atoms. The first-order chi connectivity index (χ1) is 15.2. The Labute approximate surface area is 182 Å².